The molecule has 4 rings (SSSR count). The van der Waals surface area contributed by atoms with Gasteiger partial charge in [-0.15, -0.1) is 0 Å². The van der Waals surface area contributed by atoms with Crippen molar-refractivity contribution >= 4 is 35.4 Å². The Bertz CT molecular complexity index is 2350. The molecule has 0 saturated heterocycles. The van der Waals surface area contributed by atoms with Crippen LogP contribution in [0.4, 0.5) is 0 Å². The zero-order chi connectivity index (χ0) is 51.0. The van der Waals surface area contributed by atoms with Gasteiger partial charge in [0.15, 0.2) is 59.7 Å². The first-order valence-electron chi connectivity index (χ1n) is 21.7. The van der Waals surface area contributed by atoms with Crippen molar-refractivity contribution in [3.8, 4) is 0 Å². The molecule has 16 heteroatoms. The van der Waals surface area contributed by atoms with Crippen LogP contribution in [0.15, 0.2) is 153 Å². The van der Waals surface area contributed by atoms with Crippen LogP contribution in [0.2, 0.25) is 0 Å². The molecule has 68 heavy (non-hydrogen) atoms. The summed E-state index contributed by atoms with van der Waals surface area (Å²) >= 11 is 0. The van der Waals surface area contributed by atoms with Crippen LogP contribution in [-0.2, 0) is 47.7 Å². The maximum absolute atomic E-state index is 13.2. The maximum Gasteiger partial charge on any atom is 0.378 e. The van der Waals surface area contributed by atoms with Crippen molar-refractivity contribution in [2.24, 2.45) is 10.8 Å². The van der Waals surface area contributed by atoms with Gasteiger partial charge in [0.25, 0.3) is 0 Å². The molecule has 0 radical (unpaired) electrons. The minimum atomic E-state index is -2.15. The van der Waals surface area contributed by atoms with Crippen molar-refractivity contribution in [2.45, 2.75) is 119 Å². The summed E-state index contributed by atoms with van der Waals surface area (Å²) in [6, 6.07) is 0. The Labute approximate surface area is 395 Å². The van der Waals surface area contributed by atoms with Gasteiger partial charge >= 0.3 is 23.9 Å². The lowest BCUT2D eigenvalue weighted by molar-refractivity contribution is -0.173. The molecule has 4 aliphatic rings. The highest BCUT2D eigenvalue weighted by Crippen LogP contribution is 2.42. The van der Waals surface area contributed by atoms with Crippen LogP contribution >= 0.6 is 0 Å². The highest BCUT2D eigenvalue weighted by Gasteiger charge is 2.47. The number of carbonyl (C=O) groups is 6. The molecule has 364 valence electrons. The Balaban J connectivity index is 1.28. The minimum absolute atomic E-state index is 0.107. The van der Waals surface area contributed by atoms with E-state index in [1.807, 2.05) is 140 Å². The van der Waals surface area contributed by atoms with Gasteiger partial charge in [-0.3, -0.25) is 9.59 Å². The minimum Gasteiger partial charge on any atom is -0.505 e. The number of ether oxygens (including phenoxy) is 4. The second-order valence-electron chi connectivity index (χ2n) is 18.3. The van der Waals surface area contributed by atoms with Crippen molar-refractivity contribution in [3.05, 3.63) is 153 Å². The molecule has 2 aliphatic heterocycles. The van der Waals surface area contributed by atoms with Crippen molar-refractivity contribution in [1.82, 2.24) is 0 Å². The number of rotatable bonds is 16. The Morgan fingerprint density at radius 1 is 0.559 bits per heavy atom. The van der Waals surface area contributed by atoms with Crippen LogP contribution in [0.5, 0.6) is 0 Å². The number of aliphatic hydroxyl groups excluding tert-OH is 6. The standard InChI is InChI=1S/C52H60O16/c1-27(17-13-19-29(3)21-23-33-31(5)37(53)35(25-51(33,7)8)65-49(63)43(59)45-39(55)41(57)47(61)67-45)15-11-12-16-28(2)18-14-20-30(4)22-24-34-32(6)38(54)36(26-52(34,9)10)66-50(64)44(60)46-40(56)42(58)48(62)68-46/h11-24,35-36,43-46,55-60H,25-26H2,1-10H3/b12-11+,17-13+,18-14+,23-21+,24-22+,27-15+,28-16+,29-19+,30-20+. The molecule has 0 aromatic rings. The molecule has 0 aromatic heterocycles. The van der Waals surface area contributed by atoms with Gasteiger partial charge in [-0.1, -0.05) is 135 Å². The topological polar surface area (TPSA) is 261 Å². The molecule has 2 aliphatic carbocycles. The smallest absolute Gasteiger partial charge is 0.378 e. The summed E-state index contributed by atoms with van der Waals surface area (Å²) in [5.74, 6) is -10.3. The van der Waals surface area contributed by atoms with E-state index in [1.54, 1.807) is 13.8 Å². The van der Waals surface area contributed by atoms with Crippen LogP contribution in [-0.4, -0.2) is 103 Å². The Kier molecular flexibility index (Phi) is 17.5. The number of esters is 4. The van der Waals surface area contributed by atoms with E-state index in [1.165, 1.54) is 0 Å². The van der Waals surface area contributed by atoms with Crippen molar-refractivity contribution in [3.63, 3.8) is 0 Å². The third-order valence-electron chi connectivity index (χ3n) is 11.7. The van der Waals surface area contributed by atoms with Crippen molar-refractivity contribution in [2.75, 3.05) is 0 Å². The molecule has 6 unspecified atom stereocenters. The van der Waals surface area contributed by atoms with Gasteiger partial charge in [-0.2, -0.15) is 0 Å². The lowest BCUT2D eigenvalue weighted by Gasteiger charge is -2.36. The second kappa shape index (κ2) is 22.2. The zero-order valence-corrected chi connectivity index (χ0v) is 39.7. The molecule has 6 N–H and O–H groups in total. The SMILES string of the molecule is CC1=C(/C=C/C(C)=C/C=C/C(C)=C/C=C/C=C(C)/C=C/C=C(C)/C=C/C2=C(C)C(=O)C(OC(=O)C(O)C3OC(=O)C(O)=C3O)CC2(C)C)C(C)(C)CC(OC(=O)C(O)C2OC(=O)C(O)=C2O)C1=O. The van der Waals surface area contributed by atoms with Crippen molar-refractivity contribution < 1.29 is 78.4 Å². The average molecular weight is 941 g/mol. The Morgan fingerprint density at radius 2 is 0.868 bits per heavy atom. The summed E-state index contributed by atoms with van der Waals surface area (Å²) in [6.45, 7) is 18.6. The normalized spacial score (nSPS) is 25.3. The van der Waals surface area contributed by atoms with Crippen LogP contribution in [0.3, 0.4) is 0 Å². The molecule has 0 amide bonds. The van der Waals surface area contributed by atoms with Crippen LogP contribution < -0.4 is 0 Å². The third kappa shape index (κ3) is 12.9. The molecule has 16 nitrogen and oxygen atoms in total. The van der Waals surface area contributed by atoms with Gasteiger partial charge < -0.3 is 49.6 Å². The monoisotopic (exact) mass is 940 g/mol. The average Bonchev–Trinajstić information content (AvgIpc) is 3.68. The van der Waals surface area contributed by atoms with Crippen LogP contribution in [0.25, 0.3) is 0 Å². The predicted octanol–water partition coefficient (Wildman–Crippen LogP) is 7.24. The summed E-state index contributed by atoms with van der Waals surface area (Å²) in [5, 5.41) is 59.3. The van der Waals surface area contributed by atoms with Gasteiger partial charge in [0.1, 0.15) is 0 Å². The fourth-order valence-corrected chi connectivity index (χ4v) is 7.78. The molecule has 0 aromatic carbocycles. The third-order valence-corrected chi connectivity index (χ3v) is 11.7. The largest absolute Gasteiger partial charge is 0.505 e. The summed E-state index contributed by atoms with van der Waals surface area (Å²) < 4.78 is 19.9. The number of hydrogen-bond donors (Lipinski definition) is 6. The highest BCUT2D eigenvalue weighted by molar-refractivity contribution is 6.03. The van der Waals surface area contributed by atoms with E-state index in [2.05, 4.69) is 9.47 Å². The quantitative estimate of drug-likeness (QED) is 0.0506. The molecule has 6 atom stereocenters. The van der Waals surface area contributed by atoms with E-state index in [-0.39, 0.29) is 12.8 Å². The highest BCUT2D eigenvalue weighted by atomic mass is 16.6. The second-order valence-corrected chi connectivity index (χ2v) is 18.3. The van der Waals surface area contributed by atoms with Crippen LogP contribution in [0, 0.1) is 10.8 Å². The number of carbonyl (C=O) groups excluding carboxylic acids is 6. The van der Waals surface area contributed by atoms with E-state index in [0.717, 1.165) is 33.4 Å². The van der Waals surface area contributed by atoms with Gasteiger partial charge in [-0.05, 0) is 74.7 Å². The van der Waals surface area contributed by atoms with E-state index < -0.39 is 106 Å². The van der Waals surface area contributed by atoms with Crippen LogP contribution in [0.1, 0.15) is 82.1 Å². The van der Waals surface area contributed by atoms with Gasteiger partial charge in [0.2, 0.25) is 11.5 Å². The number of ketones is 2. The fraction of sp³-hybridized carbons (Fsp3) is 0.385. The lowest BCUT2D eigenvalue weighted by atomic mass is 9.71. The summed E-state index contributed by atoms with van der Waals surface area (Å²) in [5.41, 5.74) is 4.84. The first kappa shape index (κ1) is 53.6. The van der Waals surface area contributed by atoms with Crippen molar-refractivity contribution in [1.29, 1.82) is 0 Å². The molecule has 0 bridgehead atoms. The summed E-state index contributed by atoms with van der Waals surface area (Å²) in [4.78, 5) is 74.7. The maximum atomic E-state index is 13.2. The first-order chi connectivity index (χ1) is 31.7. The number of allylic oxidation sites excluding steroid dienone is 20. The van der Waals surface area contributed by atoms with E-state index in [9.17, 15) is 59.4 Å². The molecular weight excluding hydrogens is 881 g/mol. The van der Waals surface area contributed by atoms with Gasteiger partial charge in [0.05, 0.1) is 0 Å². The number of hydrogen-bond acceptors (Lipinski definition) is 16. The fourth-order valence-electron chi connectivity index (χ4n) is 7.78. The van der Waals surface area contributed by atoms with E-state index in [0.29, 0.717) is 11.1 Å². The Morgan fingerprint density at radius 3 is 1.18 bits per heavy atom. The van der Waals surface area contributed by atoms with E-state index >= 15 is 0 Å². The summed E-state index contributed by atoms with van der Waals surface area (Å²) in [6.07, 6.45) is 16.6. The molecule has 2 heterocycles. The number of cyclic esters (lactones) is 2. The lowest BCUT2D eigenvalue weighted by Crippen LogP contribution is -2.44. The molecular formula is C52H60O16. The number of Topliss-reactive ketones (excluding diaryl/α,β-unsaturated/α-hetero) is 2. The van der Waals surface area contributed by atoms with Gasteiger partial charge in [0, 0.05) is 12.8 Å². The number of aliphatic hydroxyl groups is 6. The Hall–Kier alpha value is -7.04. The summed E-state index contributed by atoms with van der Waals surface area (Å²) in [7, 11) is 0. The molecule has 0 spiro atoms. The van der Waals surface area contributed by atoms with E-state index in [4.69, 9.17) is 9.47 Å². The zero-order valence-electron chi connectivity index (χ0n) is 39.7. The predicted molar refractivity (Wildman–Crippen MR) is 249 cm³/mol. The molecule has 0 fully saturated rings. The van der Waals surface area contributed by atoms with Gasteiger partial charge in [-0.25, -0.2) is 19.2 Å². The first-order valence-corrected chi connectivity index (χ1v) is 21.7. The molecule has 0 saturated carbocycles.